The molecule has 5 nitrogen and oxygen atoms in total. The Kier molecular flexibility index (Phi) is 5.33. The minimum absolute atomic E-state index is 0.214. The first-order valence-electron chi connectivity index (χ1n) is 8.59. The third kappa shape index (κ3) is 4.38. The second-order valence-corrected chi connectivity index (χ2v) is 6.43. The molecule has 1 aliphatic rings. The number of anilines is 2. The molecular formula is C20H24N4O. The molecule has 0 unspecified atom stereocenters. The zero-order valence-electron chi connectivity index (χ0n) is 14.8. The lowest BCUT2D eigenvalue weighted by molar-refractivity contribution is 0.0955. The Bertz CT molecular complexity index is 747. The molecular weight excluding hydrogens is 312 g/mol. The third-order valence-corrected chi connectivity index (χ3v) is 4.37. The summed E-state index contributed by atoms with van der Waals surface area (Å²) in [6.07, 6.45) is 4.20. The topological polar surface area (TPSA) is 47.9 Å². The van der Waals surface area contributed by atoms with Crippen molar-refractivity contribution < 1.29 is 4.79 Å². The molecule has 0 aromatic heterocycles. The minimum atomic E-state index is -0.214. The van der Waals surface area contributed by atoms with Crippen molar-refractivity contribution in [3.63, 3.8) is 0 Å². The largest absolute Gasteiger partial charge is 0.378 e. The van der Waals surface area contributed by atoms with Gasteiger partial charge in [-0.1, -0.05) is 18.2 Å². The first kappa shape index (κ1) is 17.0. The van der Waals surface area contributed by atoms with Crippen molar-refractivity contribution in [1.29, 1.82) is 0 Å². The molecule has 0 aliphatic carbocycles. The van der Waals surface area contributed by atoms with Crippen LogP contribution in [0.25, 0.3) is 0 Å². The van der Waals surface area contributed by atoms with Gasteiger partial charge in [0.1, 0.15) is 0 Å². The lowest BCUT2D eigenvalue weighted by atomic mass is 10.2. The Labute approximate surface area is 148 Å². The van der Waals surface area contributed by atoms with E-state index in [1.54, 1.807) is 12.3 Å². The quantitative estimate of drug-likeness (QED) is 0.674. The Morgan fingerprint density at radius 3 is 2.52 bits per heavy atom. The molecule has 0 atom stereocenters. The average Bonchev–Trinajstić information content (AvgIpc) is 3.17. The van der Waals surface area contributed by atoms with Gasteiger partial charge in [0.15, 0.2) is 0 Å². The van der Waals surface area contributed by atoms with Crippen molar-refractivity contribution in [2.75, 3.05) is 37.0 Å². The van der Waals surface area contributed by atoms with Crippen LogP contribution in [0.1, 0.15) is 28.8 Å². The zero-order chi connectivity index (χ0) is 17.6. The Morgan fingerprint density at radius 2 is 1.84 bits per heavy atom. The van der Waals surface area contributed by atoms with Crippen molar-refractivity contribution >= 4 is 23.5 Å². The van der Waals surface area contributed by atoms with Gasteiger partial charge in [-0.25, -0.2) is 5.43 Å². The van der Waals surface area contributed by atoms with E-state index in [0.29, 0.717) is 5.56 Å². The Morgan fingerprint density at radius 1 is 1.12 bits per heavy atom. The predicted octanol–water partition coefficient (Wildman–Crippen LogP) is 3.12. The number of hydrogen-bond acceptors (Lipinski definition) is 4. The maximum absolute atomic E-state index is 12.2. The van der Waals surface area contributed by atoms with Gasteiger partial charge in [-0.3, -0.25) is 4.79 Å². The second kappa shape index (κ2) is 7.83. The highest BCUT2D eigenvalue weighted by Crippen LogP contribution is 2.20. The molecule has 25 heavy (non-hydrogen) atoms. The number of nitrogens with one attached hydrogen (secondary N) is 1. The van der Waals surface area contributed by atoms with E-state index < -0.39 is 0 Å². The van der Waals surface area contributed by atoms with Gasteiger partial charge in [-0.15, -0.1) is 0 Å². The van der Waals surface area contributed by atoms with Crippen LogP contribution in [0.3, 0.4) is 0 Å². The summed E-state index contributed by atoms with van der Waals surface area (Å²) in [5, 5.41) is 4.07. The number of carbonyl (C=O) groups is 1. The molecule has 1 amide bonds. The molecule has 1 N–H and O–H groups in total. The lowest BCUT2D eigenvalue weighted by Gasteiger charge is -2.17. The van der Waals surface area contributed by atoms with Crippen LogP contribution in [-0.2, 0) is 0 Å². The summed E-state index contributed by atoms with van der Waals surface area (Å²) in [7, 11) is 3.89. The standard InChI is InChI=1S/C20H24N4O/c1-23(2)19-7-5-6-17(14-19)20(25)22-21-15-16-8-10-18(11-9-16)24-12-3-4-13-24/h5-11,14-15H,3-4,12-13H2,1-2H3,(H,22,25)/b21-15+. The number of hydrazone groups is 1. The number of amides is 1. The molecule has 1 saturated heterocycles. The summed E-state index contributed by atoms with van der Waals surface area (Å²) >= 11 is 0. The molecule has 0 spiro atoms. The van der Waals surface area contributed by atoms with Crippen molar-refractivity contribution in [3.05, 3.63) is 59.7 Å². The maximum atomic E-state index is 12.2. The number of hydrogen-bond donors (Lipinski definition) is 1. The highest BCUT2D eigenvalue weighted by molar-refractivity contribution is 5.95. The van der Waals surface area contributed by atoms with Gasteiger partial charge < -0.3 is 9.80 Å². The molecule has 2 aromatic carbocycles. The number of rotatable bonds is 5. The fraction of sp³-hybridized carbons (Fsp3) is 0.300. The normalized spacial score (nSPS) is 14.1. The van der Waals surface area contributed by atoms with E-state index >= 15 is 0 Å². The van der Waals surface area contributed by atoms with Crippen LogP contribution >= 0.6 is 0 Å². The monoisotopic (exact) mass is 336 g/mol. The molecule has 1 fully saturated rings. The molecule has 0 bridgehead atoms. The summed E-state index contributed by atoms with van der Waals surface area (Å²) in [6.45, 7) is 2.27. The first-order valence-corrected chi connectivity index (χ1v) is 8.59. The van der Waals surface area contributed by atoms with E-state index in [-0.39, 0.29) is 5.91 Å². The molecule has 1 heterocycles. The molecule has 3 rings (SSSR count). The van der Waals surface area contributed by atoms with E-state index in [1.165, 1.54) is 18.5 Å². The van der Waals surface area contributed by atoms with E-state index in [9.17, 15) is 4.79 Å². The lowest BCUT2D eigenvalue weighted by Crippen LogP contribution is -2.18. The van der Waals surface area contributed by atoms with Crippen LogP contribution < -0.4 is 15.2 Å². The predicted molar refractivity (Wildman–Crippen MR) is 104 cm³/mol. The fourth-order valence-corrected chi connectivity index (χ4v) is 2.90. The zero-order valence-corrected chi connectivity index (χ0v) is 14.8. The molecule has 5 heteroatoms. The van der Waals surface area contributed by atoms with Crippen LogP contribution in [0.2, 0.25) is 0 Å². The maximum Gasteiger partial charge on any atom is 0.271 e. The van der Waals surface area contributed by atoms with Crippen LogP contribution in [0, 0.1) is 0 Å². The third-order valence-electron chi connectivity index (χ3n) is 4.37. The van der Waals surface area contributed by atoms with Gasteiger partial charge in [0, 0.05) is 44.1 Å². The second-order valence-electron chi connectivity index (χ2n) is 6.43. The highest BCUT2D eigenvalue weighted by atomic mass is 16.2. The summed E-state index contributed by atoms with van der Waals surface area (Å²) in [5.41, 5.74) is 6.37. The summed E-state index contributed by atoms with van der Waals surface area (Å²) in [4.78, 5) is 16.5. The van der Waals surface area contributed by atoms with Crippen LogP contribution in [-0.4, -0.2) is 39.3 Å². The molecule has 1 aliphatic heterocycles. The average molecular weight is 336 g/mol. The summed E-state index contributed by atoms with van der Waals surface area (Å²) in [5.74, 6) is -0.214. The highest BCUT2D eigenvalue weighted by Gasteiger charge is 2.11. The number of nitrogens with zero attached hydrogens (tertiary/aromatic N) is 3. The van der Waals surface area contributed by atoms with Crippen molar-refractivity contribution in [3.8, 4) is 0 Å². The fourth-order valence-electron chi connectivity index (χ4n) is 2.90. The van der Waals surface area contributed by atoms with Crippen LogP contribution in [0.5, 0.6) is 0 Å². The molecule has 0 radical (unpaired) electrons. The van der Waals surface area contributed by atoms with Gasteiger partial charge in [0.05, 0.1) is 6.21 Å². The van der Waals surface area contributed by atoms with Crippen molar-refractivity contribution in [2.24, 2.45) is 5.10 Å². The van der Waals surface area contributed by atoms with Crippen molar-refractivity contribution in [2.45, 2.75) is 12.8 Å². The first-order chi connectivity index (χ1) is 12.1. The Balaban J connectivity index is 1.59. The summed E-state index contributed by atoms with van der Waals surface area (Å²) < 4.78 is 0. The Hall–Kier alpha value is -2.82. The van der Waals surface area contributed by atoms with Gasteiger partial charge in [0.2, 0.25) is 0 Å². The van der Waals surface area contributed by atoms with E-state index in [4.69, 9.17) is 0 Å². The minimum Gasteiger partial charge on any atom is -0.378 e. The SMILES string of the molecule is CN(C)c1cccc(C(=O)N/N=C/c2ccc(N3CCCC3)cc2)c1. The van der Waals surface area contributed by atoms with Gasteiger partial charge >= 0.3 is 0 Å². The van der Waals surface area contributed by atoms with E-state index in [1.807, 2.05) is 49.3 Å². The van der Waals surface area contributed by atoms with E-state index in [0.717, 1.165) is 24.3 Å². The summed E-state index contributed by atoms with van der Waals surface area (Å²) in [6, 6.07) is 15.7. The number of benzene rings is 2. The van der Waals surface area contributed by atoms with Gasteiger partial charge in [-0.2, -0.15) is 5.10 Å². The van der Waals surface area contributed by atoms with Gasteiger partial charge in [0.25, 0.3) is 5.91 Å². The van der Waals surface area contributed by atoms with Crippen molar-refractivity contribution in [1.82, 2.24) is 5.43 Å². The molecule has 0 saturated carbocycles. The van der Waals surface area contributed by atoms with Crippen LogP contribution in [0.4, 0.5) is 11.4 Å². The smallest absolute Gasteiger partial charge is 0.271 e. The molecule has 2 aromatic rings. The molecule has 130 valence electrons. The van der Waals surface area contributed by atoms with Gasteiger partial charge in [-0.05, 0) is 48.7 Å². The number of carbonyl (C=O) groups excluding carboxylic acids is 1. The van der Waals surface area contributed by atoms with Crippen LogP contribution in [0.15, 0.2) is 53.6 Å². The van der Waals surface area contributed by atoms with E-state index in [2.05, 4.69) is 27.6 Å².